The van der Waals surface area contributed by atoms with Crippen molar-refractivity contribution in [3.63, 3.8) is 0 Å². The van der Waals surface area contributed by atoms with Gasteiger partial charge >= 0.3 is 0 Å². The van der Waals surface area contributed by atoms with Crippen LogP contribution in [0.1, 0.15) is 49.3 Å². The fraction of sp³-hybridized carbons (Fsp3) is 0.412. The summed E-state index contributed by atoms with van der Waals surface area (Å²) in [7, 11) is 0. The summed E-state index contributed by atoms with van der Waals surface area (Å²) in [4.78, 5) is 1.06. The molecule has 1 atom stereocenters. The Labute approximate surface area is 119 Å². The number of aliphatic hydroxyl groups is 1. The SMILES string of the molecule is CC(C)(C)c1ccc(CCC(O)c2cccs2)cc1. The second kappa shape index (κ2) is 5.89. The molecule has 1 N–H and O–H groups in total. The number of rotatable bonds is 4. The van der Waals surface area contributed by atoms with Crippen LogP contribution in [-0.4, -0.2) is 5.11 Å². The van der Waals surface area contributed by atoms with Crippen LogP contribution in [-0.2, 0) is 11.8 Å². The van der Waals surface area contributed by atoms with Crippen LogP contribution >= 0.6 is 11.3 Å². The van der Waals surface area contributed by atoms with Gasteiger partial charge in [0.15, 0.2) is 0 Å². The summed E-state index contributed by atoms with van der Waals surface area (Å²) in [5, 5.41) is 12.1. The maximum absolute atomic E-state index is 10.1. The molecule has 1 unspecified atom stereocenters. The van der Waals surface area contributed by atoms with Gasteiger partial charge in [0.1, 0.15) is 0 Å². The summed E-state index contributed by atoms with van der Waals surface area (Å²) in [5.41, 5.74) is 2.85. The van der Waals surface area contributed by atoms with E-state index in [1.54, 1.807) is 11.3 Å². The fourth-order valence-electron chi connectivity index (χ4n) is 2.10. The van der Waals surface area contributed by atoms with Gasteiger partial charge in [-0.25, -0.2) is 0 Å². The maximum Gasteiger partial charge on any atom is 0.0885 e. The molecule has 0 fully saturated rings. The Kier molecular flexibility index (Phi) is 4.43. The summed E-state index contributed by atoms with van der Waals surface area (Å²) < 4.78 is 0. The van der Waals surface area contributed by atoms with Crippen LogP contribution in [0.3, 0.4) is 0 Å². The topological polar surface area (TPSA) is 20.2 Å². The molecular weight excluding hydrogens is 252 g/mol. The van der Waals surface area contributed by atoms with Crippen molar-refractivity contribution >= 4 is 11.3 Å². The summed E-state index contributed by atoms with van der Waals surface area (Å²) in [5.74, 6) is 0. The van der Waals surface area contributed by atoms with Crippen molar-refractivity contribution in [2.24, 2.45) is 0 Å². The molecular formula is C17H22OS. The smallest absolute Gasteiger partial charge is 0.0885 e. The third-order valence-corrected chi connectivity index (χ3v) is 4.37. The van der Waals surface area contributed by atoms with Crippen molar-refractivity contribution in [2.75, 3.05) is 0 Å². The van der Waals surface area contributed by atoms with E-state index in [1.165, 1.54) is 11.1 Å². The monoisotopic (exact) mass is 274 g/mol. The van der Waals surface area contributed by atoms with Gasteiger partial charge in [0.05, 0.1) is 6.10 Å². The zero-order chi connectivity index (χ0) is 13.9. The molecule has 0 aliphatic rings. The molecule has 0 aliphatic heterocycles. The molecule has 2 rings (SSSR count). The van der Waals surface area contributed by atoms with Crippen molar-refractivity contribution in [2.45, 2.75) is 45.1 Å². The Bertz CT molecular complexity index is 491. The third kappa shape index (κ3) is 3.92. The molecule has 1 aromatic carbocycles. The third-order valence-electron chi connectivity index (χ3n) is 3.40. The average molecular weight is 274 g/mol. The predicted molar refractivity (Wildman–Crippen MR) is 82.7 cm³/mol. The molecule has 102 valence electrons. The summed E-state index contributed by atoms with van der Waals surface area (Å²) >= 11 is 1.62. The summed E-state index contributed by atoms with van der Waals surface area (Å²) in [6.45, 7) is 6.67. The van der Waals surface area contributed by atoms with Gasteiger partial charge in [0.2, 0.25) is 0 Å². The van der Waals surface area contributed by atoms with Gasteiger partial charge in [-0.2, -0.15) is 0 Å². The summed E-state index contributed by atoms with van der Waals surface area (Å²) in [6.07, 6.45) is 1.38. The number of benzene rings is 1. The van der Waals surface area contributed by atoms with Crippen LogP contribution in [0.4, 0.5) is 0 Å². The molecule has 0 radical (unpaired) electrons. The van der Waals surface area contributed by atoms with E-state index in [0.29, 0.717) is 0 Å². The van der Waals surface area contributed by atoms with Gasteiger partial charge < -0.3 is 5.11 Å². The van der Waals surface area contributed by atoms with E-state index in [2.05, 4.69) is 45.0 Å². The Balaban J connectivity index is 1.93. The van der Waals surface area contributed by atoms with E-state index in [-0.39, 0.29) is 11.5 Å². The van der Waals surface area contributed by atoms with Crippen LogP contribution in [0.5, 0.6) is 0 Å². The second-order valence-corrected chi connectivity index (χ2v) is 7.00. The van der Waals surface area contributed by atoms with Gasteiger partial charge in [-0.15, -0.1) is 11.3 Å². The lowest BCUT2D eigenvalue weighted by atomic mass is 9.86. The fourth-order valence-corrected chi connectivity index (χ4v) is 2.84. The van der Waals surface area contributed by atoms with E-state index >= 15 is 0 Å². The van der Waals surface area contributed by atoms with Crippen molar-refractivity contribution in [3.8, 4) is 0 Å². The molecule has 1 heterocycles. The highest BCUT2D eigenvalue weighted by Crippen LogP contribution is 2.25. The minimum Gasteiger partial charge on any atom is -0.388 e. The molecule has 1 aromatic heterocycles. The van der Waals surface area contributed by atoms with Gasteiger partial charge in [-0.3, -0.25) is 0 Å². The van der Waals surface area contributed by atoms with Gasteiger partial charge in [-0.1, -0.05) is 51.1 Å². The highest BCUT2D eigenvalue weighted by molar-refractivity contribution is 7.10. The van der Waals surface area contributed by atoms with Crippen LogP contribution in [0.2, 0.25) is 0 Å². The largest absolute Gasteiger partial charge is 0.388 e. The van der Waals surface area contributed by atoms with Crippen molar-refractivity contribution in [1.82, 2.24) is 0 Å². The molecule has 0 amide bonds. The first kappa shape index (κ1) is 14.3. The van der Waals surface area contributed by atoms with E-state index < -0.39 is 0 Å². The van der Waals surface area contributed by atoms with Crippen molar-refractivity contribution < 1.29 is 5.11 Å². The molecule has 0 spiro atoms. The van der Waals surface area contributed by atoms with Crippen LogP contribution in [0.25, 0.3) is 0 Å². The minimum atomic E-state index is -0.331. The molecule has 0 saturated carbocycles. The zero-order valence-corrected chi connectivity index (χ0v) is 12.7. The quantitative estimate of drug-likeness (QED) is 0.856. The Morgan fingerprint density at radius 2 is 1.79 bits per heavy atom. The highest BCUT2D eigenvalue weighted by atomic mass is 32.1. The highest BCUT2D eigenvalue weighted by Gasteiger charge is 2.13. The number of hydrogen-bond acceptors (Lipinski definition) is 2. The summed E-state index contributed by atoms with van der Waals surface area (Å²) in [6, 6.07) is 12.8. The first-order valence-electron chi connectivity index (χ1n) is 6.78. The lowest BCUT2D eigenvalue weighted by Crippen LogP contribution is -2.10. The van der Waals surface area contributed by atoms with Crippen molar-refractivity contribution in [1.29, 1.82) is 0 Å². The second-order valence-electron chi connectivity index (χ2n) is 6.02. The standard InChI is InChI=1S/C17H22OS/c1-17(2,3)14-9-6-13(7-10-14)8-11-15(18)16-5-4-12-19-16/h4-7,9-10,12,15,18H,8,11H2,1-3H3. The Morgan fingerprint density at radius 1 is 1.11 bits per heavy atom. The van der Waals surface area contributed by atoms with E-state index in [0.717, 1.165) is 17.7 Å². The Hall–Kier alpha value is -1.12. The molecule has 2 aromatic rings. The van der Waals surface area contributed by atoms with E-state index in [4.69, 9.17) is 0 Å². The molecule has 2 heteroatoms. The number of aliphatic hydroxyl groups excluding tert-OH is 1. The normalized spacial score (nSPS) is 13.5. The van der Waals surface area contributed by atoms with Crippen molar-refractivity contribution in [3.05, 3.63) is 57.8 Å². The molecule has 1 nitrogen and oxygen atoms in total. The number of thiophene rings is 1. The lowest BCUT2D eigenvalue weighted by molar-refractivity contribution is 0.171. The van der Waals surface area contributed by atoms with Crippen LogP contribution < -0.4 is 0 Å². The molecule has 0 bridgehead atoms. The van der Waals surface area contributed by atoms with Gasteiger partial charge in [0.25, 0.3) is 0 Å². The van der Waals surface area contributed by atoms with Gasteiger partial charge in [-0.05, 0) is 40.8 Å². The maximum atomic E-state index is 10.1. The Morgan fingerprint density at radius 3 is 2.32 bits per heavy atom. The van der Waals surface area contributed by atoms with E-state index in [9.17, 15) is 5.11 Å². The number of aryl methyl sites for hydroxylation is 1. The van der Waals surface area contributed by atoms with Crippen LogP contribution in [0, 0.1) is 0 Å². The van der Waals surface area contributed by atoms with Crippen LogP contribution in [0.15, 0.2) is 41.8 Å². The van der Waals surface area contributed by atoms with E-state index in [1.807, 2.05) is 17.5 Å². The lowest BCUT2D eigenvalue weighted by Gasteiger charge is -2.19. The predicted octanol–water partition coefficient (Wildman–Crippen LogP) is 4.71. The average Bonchev–Trinajstić information content (AvgIpc) is 2.89. The minimum absolute atomic E-state index is 0.203. The first-order chi connectivity index (χ1) is 8.97. The first-order valence-corrected chi connectivity index (χ1v) is 7.65. The molecule has 0 aliphatic carbocycles. The number of hydrogen-bond donors (Lipinski definition) is 1. The zero-order valence-electron chi connectivity index (χ0n) is 11.9. The molecule has 0 saturated heterocycles. The van der Waals surface area contributed by atoms with Gasteiger partial charge in [0, 0.05) is 4.88 Å². The molecule has 19 heavy (non-hydrogen) atoms.